The van der Waals surface area contributed by atoms with E-state index in [-0.39, 0.29) is 12.6 Å². The van der Waals surface area contributed by atoms with Crippen molar-refractivity contribution < 1.29 is 9.53 Å². The number of rotatable bonds is 17. The first kappa shape index (κ1) is 26.2. The lowest BCUT2D eigenvalue weighted by Crippen LogP contribution is -2.31. The second kappa shape index (κ2) is 17.3. The minimum Gasteiger partial charge on any atom is -0.465 e. The first-order valence-electron chi connectivity index (χ1n) is 10.3. The minimum absolute atomic E-state index is 0.265. The minimum atomic E-state index is -0.673. The molecule has 0 radical (unpaired) electrons. The lowest BCUT2D eigenvalue weighted by atomic mass is 10.1. The molecule has 0 N–H and O–H groups in total. The molecule has 0 atom stereocenters. The number of ether oxygens (including phenoxy) is 1. The molecule has 0 saturated carbocycles. The fraction of sp³-hybridized carbons (Fsp3) is 0.900. The fourth-order valence-electron chi connectivity index (χ4n) is 2.65. The van der Waals surface area contributed by atoms with E-state index < -0.39 is 4.75 Å². The van der Waals surface area contributed by atoms with E-state index in [1.54, 1.807) is 0 Å². The maximum atomic E-state index is 12.2. The van der Waals surface area contributed by atoms with E-state index in [2.05, 4.69) is 16.9 Å². The molecule has 0 amide bonds. The molecule has 0 spiro atoms. The van der Waals surface area contributed by atoms with Gasteiger partial charge in [-0.3, -0.25) is 4.79 Å². The third kappa shape index (κ3) is 15.9. The monoisotopic (exact) mass is 415 g/mol. The lowest BCUT2D eigenvalue weighted by molar-refractivity contribution is -0.145. The van der Waals surface area contributed by atoms with Crippen LogP contribution in [0.15, 0.2) is 5.11 Å². The van der Waals surface area contributed by atoms with Gasteiger partial charge in [0.2, 0.25) is 0 Å². The number of esters is 1. The summed E-state index contributed by atoms with van der Waals surface area (Å²) in [6.45, 7) is 6.55. The zero-order chi connectivity index (χ0) is 20.4. The molecule has 156 valence electrons. The first-order chi connectivity index (χ1) is 12.9. The average Bonchev–Trinajstić information content (AvgIpc) is 2.62. The van der Waals surface area contributed by atoms with Crippen molar-refractivity contribution >= 4 is 34.1 Å². The van der Waals surface area contributed by atoms with Crippen molar-refractivity contribution in [3.8, 4) is 0 Å². The van der Waals surface area contributed by atoms with E-state index in [0.29, 0.717) is 13.0 Å². The number of unbranched alkanes of at least 4 members (excludes halogenated alkanes) is 9. The maximum Gasteiger partial charge on any atom is 0.322 e. The second-order valence-corrected chi connectivity index (χ2v) is 9.83. The molecule has 0 aliphatic heterocycles. The molecule has 0 aromatic heterocycles. The molecule has 27 heavy (non-hydrogen) atoms. The Morgan fingerprint density at radius 1 is 1.04 bits per heavy atom. The van der Waals surface area contributed by atoms with Crippen molar-refractivity contribution in [3.63, 3.8) is 0 Å². The molecule has 0 aliphatic carbocycles. The summed E-state index contributed by atoms with van der Waals surface area (Å²) in [5.74, 6) is -0.265. The van der Waals surface area contributed by atoms with Crippen LogP contribution in [0, 0.1) is 0 Å². The Kier molecular flexibility index (Phi) is 16.8. The van der Waals surface area contributed by atoms with Crippen LogP contribution >= 0.6 is 24.0 Å². The second-order valence-electron chi connectivity index (χ2n) is 7.36. The van der Waals surface area contributed by atoms with E-state index in [4.69, 9.17) is 22.5 Å². The van der Waals surface area contributed by atoms with Gasteiger partial charge >= 0.3 is 5.97 Å². The molecule has 0 aliphatic rings. The Morgan fingerprint density at radius 3 is 2.15 bits per heavy atom. The summed E-state index contributed by atoms with van der Waals surface area (Å²) in [6.07, 6.45) is 14.5. The highest BCUT2D eigenvalue weighted by atomic mass is 32.2. The zero-order valence-electron chi connectivity index (χ0n) is 17.4. The number of hydrogen-bond donors (Lipinski definition) is 0. The Morgan fingerprint density at radius 2 is 1.59 bits per heavy atom. The number of hydrogen-bond acceptors (Lipinski definition) is 5. The van der Waals surface area contributed by atoms with Gasteiger partial charge in [-0.1, -0.05) is 82.0 Å². The van der Waals surface area contributed by atoms with Gasteiger partial charge in [0.25, 0.3) is 0 Å². The van der Waals surface area contributed by atoms with Gasteiger partial charge in [0, 0.05) is 15.7 Å². The third-order valence-corrected chi connectivity index (χ3v) is 5.86. The molecule has 0 aromatic rings. The molecule has 0 fully saturated rings. The standard InChI is InChI=1S/C20H37N3O2S2/c1-4-5-6-7-8-9-10-11-12-13-15-18(26)27-20(2,3)19(24)25-17-14-16-22-23-21/h4-17H2,1-3H3. The summed E-state index contributed by atoms with van der Waals surface area (Å²) in [7, 11) is 0. The van der Waals surface area contributed by atoms with Gasteiger partial charge in [-0.15, -0.1) is 11.8 Å². The van der Waals surface area contributed by atoms with Crippen LogP contribution in [0.2, 0.25) is 0 Å². The van der Waals surface area contributed by atoms with E-state index in [9.17, 15) is 4.79 Å². The van der Waals surface area contributed by atoms with Crippen LogP contribution in [0.4, 0.5) is 0 Å². The maximum absolute atomic E-state index is 12.2. The summed E-state index contributed by atoms with van der Waals surface area (Å²) in [6, 6.07) is 0. The highest BCUT2D eigenvalue weighted by molar-refractivity contribution is 8.24. The molecule has 0 saturated heterocycles. The van der Waals surface area contributed by atoms with Crippen LogP contribution < -0.4 is 0 Å². The summed E-state index contributed by atoms with van der Waals surface area (Å²) in [4.78, 5) is 14.8. The highest BCUT2D eigenvalue weighted by Crippen LogP contribution is 2.29. The van der Waals surface area contributed by atoms with Gasteiger partial charge in [0.1, 0.15) is 4.75 Å². The fourth-order valence-corrected chi connectivity index (χ4v) is 4.38. The molecule has 0 heterocycles. The predicted octanol–water partition coefficient (Wildman–Crippen LogP) is 7.38. The van der Waals surface area contributed by atoms with Gasteiger partial charge in [-0.2, -0.15) is 0 Å². The zero-order valence-corrected chi connectivity index (χ0v) is 19.0. The van der Waals surface area contributed by atoms with Crippen molar-refractivity contribution in [3.05, 3.63) is 10.4 Å². The number of thiocarbonyl (C=S) groups is 1. The van der Waals surface area contributed by atoms with Crippen LogP contribution in [0.1, 0.15) is 97.8 Å². The average molecular weight is 416 g/mol. The van der Waals surface area contributed by atoms with Crippen LogP contribution in [0.5, 0.6) is 0 Å². The van der Waals surface area contributed by atoms with Crippen molar-refractivity contribution in [2.75, 3.05) is 13.2 Å². The van der Waals surface area contributed by atoms with Crippen molar-refractivity contribution in [1.29, 1.82) is 0 Å². The lowest BCUT2D eigenvalue weighted by Gasteiger charge is -2.22. The van der Waals surface area contributed by atoms with Gasteiger partial charge < -0.3 is 4.74 Å². The van der Waals surface area contributed by atoms with E-state index in [1.807, 2.05) is 13.8 Å². The van der Waals surface area contributed by atoms with Crippen molar-refractivity contribution in [2.45, 2.75) is 103 Å². The molecule has 7 heteroatoms. The Labute approximate surface area is 175 Å². The van der Waals surface area contributed by atoms with Gasteiger partial charge in [-0.05, 0) is 38.6 Å². The number of carbonyl (C=O) groups excluding carboxylic acids is 1. The molecule has 0 unspecified atom stereocenters. The quantitative estimate of drug-likeness (QED) is 0.0620. The number of carbonyl (C=O) groups is 1. The van der Waals surface area contributed by atoms with E-state index in [1.165, 1.54) is 69.5 Å². The van der Waals surface area contributed by atoms with Gasteiger partial charge in [-0.25, -0.2) is 0 Å². The third-order valence-electron chi connectivity index (χ3n) is 4.29. The SMILES string of the molecule is CCCCCCCCCCCCC(=S)SC(C)(C)C(=O)OCCCN=[N+]=[N-]. The normalized spacial score (nSPS) is 11.1. The molecule has 0 rings (SSSR count). The smallest absolute Gasteiger partial charge is 0.322 e. The molecule has 0 bridgehead atoms. The summed E-state index contributed by atoms with van der Waals surface area (Å²) < 4.78 is 5.46. The molecular weight excluding hydrogens is 378 g/mol. The highest BCUT2D eigenvalue weighted by Gasteiger charge is 2.31. The van der Waals surface area contributed by atoms with Crippen LogP contribution in [-0.4, -0.2) is 28.1 Å². The van der Waals surface area contributed by atoms with Crippen molar-refractivity contribution in [2.24, 2.45) is 5.11 Å². The molecule has 5 nitrogen and oxygen atoms in total. The number of azide groups is 1. The number of thioether (sulfide) groups is 1. The largest absolute Gasteiger partial charge is 0.465 e. The molecule has 0 aromatic carbocycles. The van der Waals surface area contributed by atoms with Crippen LogP contribution in [0.3, 0.4) is 0 Å². The van der Waals surface area contributed by atoms with Gasteiger partial charge in [0.15, 0.2) is 0 Å². The topological polar surface area (TPSA) is 75.1 Å². The number of nitrogens with zero attached hydrogens (tertiary/aromatic N) is 3. The summed E-state index contributed by atoms with van der Waals surface area (Å²) >= 11 is 6.88. The Hall–Kier alpha value is -0.780. The molecular formula is C20H37N3O2S2. The van der Waals surface area contributed by atoms with E-state index in [0.717, 1.165) is 17.0 Å². The summed E-state index contributed by atoms with van der Waals surface area (Å²) in [5.41, 5.74) is 8.21. The van der Waals surface area contributed by atoms with Gasteiger partial charge in [0.05, 0.1) is 6.61 Å². The van der Waals surface area contributed by atoms with Crippen LogP contribution in [0.25, 0.3) is 10.4 Å². The predicted molar refractivity (Wildman–Crippen MR) is 120 cm³/mol. The summed E-state index contributed by atoms with van der Waals surface area (Å²) in [5, 5.41) is 3.42. The van der Waals surface area contributed by atoms with Crippen molar-refractivity contribution in [1.82, 2.24) is 0 Å². The Bertz CT molecular complexity index is 464. The van der Waals surface area contributed by atoms with Crippen LogP contribution in [-0.2, 0) is 9.53 Å². The first-order valence-corrected chi connectivity index (χ1v) is 11.6. The Balaban J connectivity index is 3.74. The van der Waals surface area contributed by atoms with E-state index >= 15 is 0 Å².